The van der Waals surface area contributed by atoms with Crippen molar-refractivity contribution in [1.29, 1.82) is 0 Å². The Balaban J connectivity index is 3.19. The van der Waals surface area contributed by atoms with Crippen molar-refractivity contribution in [3.63, 3.8) is 0 Å². The van der Waals surface area contributed by atoms with Gasteiger partial charge in [0.25, 0.3) is 0 Å². The molecule has 0 aliphatic rings. The summed E-state index contributed by atoms with van der Waals surface area (Å²) in [5.41, 5.74) is 0. The Morgan fingerprint density at radius 1 is 0.905 bits per heavy atom. The third-order valence-electron chi connectivity index (χ3n) is 3.93. The summed E-state index contributed by atoms with van der Waals surface area (Å²) in [6.07, 6.45) is 16.8. The first-order valence-electron chi connectivity index (χ1n) is 9.12. The van der Waals surface area contributed by atoms with Crippen LogP contribution in [0.15, 0.2) is 0 Å². The first kappa shape index (κ1) is 20.5. The maximum Gasteiger partial charge on any atom is 0.220 e. The minimum atomic E-state index is 0.0303. The average Bonchev–Trinajstić information content (AvgIpc) is 2.45. The van der Waals surface area contributed by atoms with Gasteiger partial charge in [-0.3, -0.25) is 4.79 Å². The molecule has 0 fully saturated rings. The van der Waals surface area contributed by atoms with Gasteiger partial charge in [0, 0.05) is 12.5 Å². The standard InChI is InChI=1S/C19H37NO/c1-4-6-7-8-9-10-11-12-13-14-15-17-19(21)20-18(3)16-5-2/h18H,2-17H2,1H3,(H,20,21)/t18-/m0/s1. The molecule has 0 aromatic heterocycles. The monoisotopic (exact) mass is 295 g/mol. The van der Waals surface area contributed by atoms with Crippen LogP contribution in [-0.4, -0.2) is 11.9 Å². The van der Waals surface area contributed by atoms with Gasteiger partial charge in [-0.2, -0.15) is 0 Å². The van der Waals surface area contributed by atoms with Crippen LogP contribution in [-0.2, 0) is 4.79 Å². The van der Waals surface area contributed by atoms with Crippen LogP contribution in [0.1, 0.15) is 96.8 Å². The lowest BCUT2D eigenvalue weighted by molar-refractivity contribution is -0.121. The molecule has 0 aromatic carbocycles. The van der Waals surface area contributed by atoms with Gasteiger partial charge in [-0.15, -0.1) is 0 Å². The molecule has 0 rings (SSSR count). The first-order chi connectivity index (χ1) is 10.2. The molecule has 0 saturated heterocycles. The van der Waals surface area contributed by atoms with Gasteiger partial charge in [-0.1, -0.05) is 84.5 Å². The number of rotatable bonds is 15. The molecule has 2 radical (unpaired) electrons. The second-order valence-corrected chi connectivity index (χ2v) is 6.19. The summed E-state index contributed by atoms with van der Waals surface area (Å²) >= 11 is 0. The summed E-state index contributed by atoms with van der Waals surface area (Å²) in [5, 5.41) is 2.93. The smallest absolute Gasteiger partial charge is 0.220 e. The number of carbonyl (C=O) groups is 1. The molecule has 0 bridgehead atoms. The van der Waals surface area contributed by atoms with Crippen LogP contribution >= 0.6 is 0 Å². The maximum atomic E-state index is 11.6. The fourth-order valence-corrected chi connectivity index (χ4v) is 2.57. The zero-order chi connectivity index (χ0) is 15.8. The normalized spacial score (nSPS) is 12.3. The zero-order valence-corrected chi connectivity index (χ0v) is 14.3. The van der Waals surface area contributed by atoms with Gasteiger partial charge < -0.3 is 5.32 Å². The highest BCUT2D eigenvalue weighted by molar-refractivity contribution is 5.76. The van der Waals surface area contributed by atoms with E-state index in [1.165, 1.54) is 64.2 Å². The van der Waals surface area contributed by atoms with Gasteiger partial charge in [0.05, 0.1) is 0 Å². The maximum absolute atomic E-state index is 11.6. The van der Waals surface area contributed by atoms with E-state index in [4.69, 9.17) is 0 Å². The molecule has 124 valence electrons. The quantitative estimate of drug-likeness (QED) is 0.390. The highest BCUT2D eigenvalue weighted by atomic mass is 16.1. The van der Waals surface area contributed by atoms with Gasteiger partial charge in [0.1, 0.15) is 0 Å². The summed E-state index contributed by atoms with van der Waals surface area (Å²) in [6.45, 7) is 9.94. The molecule has 21 heavy (non-hydrogen) atoms. The summed E-state index contributed by atoms with van der Waals surface area (Å²) in [6, 6.07) is 0.0303. The Morgan fingerprint density at radius 3 is 1.86 bits per heavy atom. The van der Waals surface area contributed by atoms with Crippen LogP contribution < -0.4 is 5.32 Å². The van der Waals surface area contributed by atoms with E-state index in [9.17, 15) is 4.79 Å². The van der Waals surface area contributed by atoms with Crippen LogP contribution in [0.2, 0.25) is 0 Å². The minimum Gasteiger partial charge on any atom is -0.353 e. The van der Waals surface area contributed by atoms with Crippen LogP contribution in [0.25, 0.3) is 0 Å². The molecule has 0 saturated carbocycles. The zero-order valence-electron chi connectivity index (χ0n) is 14.3. The number of amides is 1. The minimum absolute atomic E-state index is 0.0303. The molecule has 0 aliphatic heterocycles. The van der Waals surface area contributed by atoms with Crippen molar-refractivity contribution >= 4 is 5.91 Å². The number of carbonyl (C=O) groups excluding carboxylic acids is 1. The third kappa shape index (κ3) is 15.7. The number of hydrogen-bond acceptors (Lipinski definition) is 1. The van der Waals surface area contributed by atoms with Crippen LogP contribution in [0, 0.1) is 13.8 Å². The van der Waals surface area contributed by atoms with Crippen molar-refractivity contribution in [2.75, 3.05) is 0 Å². The molecule has 1 atom stereocenters. The summed E-state index contributed by atoms with van der Waals surface area (Å²) < 4.78 is 0. The number of hydrogen-bond donors (Lipinski definition) is 1. The van der Waals surface area contributed by atoms with Gasteiger partial charge in [0.15, 0.2) is 0 Å². The Bertz CT molecular complexity index is 228. The van der Waals surface area contributed by atoms with E-state index in [1.807, 2.05) is 0 Å². The lowest BCUT2D eigenvalue weighted by Gasteiger charge is -2.12. The van der Waals surface area contributed by atoms with E-state index in [-0.39, 0.29) is 11.9 Å². The van der Waals surface area contributed by atoms with Crippen molar-refractivity contribution in [3.8, 4) is 0 Å². The van der Waals surface area contributed by atoms with Crippen molar-refractivity contribution in [2.24, 2.45) is 0 Å². The van der Waals surface area contributed by atoms with E-state index >= 15 is 0 Å². The number of nitrogens with one attached hydrogen (secondary N) is 1. The first-order valence-corrected chi connectivity index (χ1v) is 9.12. The number of unbranched alkanes of at least 4 members (excludes halogenated alkanes) is 10. The molecular formula is C19H37NO. The van der Waals surface area contributed by atoms with E-state index < -0.39 is 0 Å². The second kappa shape index (κ2) is 15.9. The molecule has 2 nitrogen and oxygen atoms in total. The summed E-state index contributed by atoms with van der Waals surface area (Å²) in [7, 11) is 0. The molecule has 1 amide bonds. The Hall–Kier alpha value is -0.530. The second-order valence-electron chi connectivity index (χ2n) is 6.19. The molecule has 0 spiro atoms. The molecule has 0 heterocycles. The van der Waals surface area contributed by atoms with E-state index in [2.05, 4.69) is 26.1 Å². The lowest BCUT2D eigenvalue weighted by Crippen LogP contribution is -2.32. The molecular weight excluding hydrogens is 258 g/mol. The van der Waals surface area contributed by atoms with Gasteiger partial charge in [0.2, 0.25) is 5.91 Å². The summed E-state index contributed by atoms with van der Waals surface area (Å²) in [4.78, 5) is 11.6. The SMILES string of the molecule is [CH2]CC[C@H]([CH2])NC(=O)CCCCCCCCCCCCC. The Morgan fingerprint density at radius 2 is 1.38 bits per heavy atom. The Labute approximate surface area is 133 Å². The van der Waals surface area contributed by atoms with Gasteiger partial charge in [-0.05, 0) is 19.8 Å². The predicted molar refractivity (Wildman–Crippen MR) is 93.0 cm³/mol. The summed E-state index contributed by atoms with van der Waals surface area (Å²) in [5.74, 6) is 0.152. The van der Waals surface area contributed by atoms with Crippen LogP contribution in [0.4, 0.5) is 0 Å². The molecule has 0 aliphatic carbocycles. The van der Waals surface area contributed by atoms with E-state index in [1.54, 1.807) is 0 Å². The van der Waals surface area contributed by atoms with Crippen molar-refractivity contribution < 1.29 is 4.79 Å². The van der Waals surface area contributed by atoms with Gasteiger partial charge in [-0.25, -0.2) is 0 Å². The van der Waals surface area contributed by atoms with Crippen molar-refractivity contribution in [1.82, 2.24) is 5.32 Å². The van der Waals surface area contributed by atoms with Crippen molar-refractivity contribution in [3.05, 3.63) is 13.8 Å². The third-order valence-corrected chi connectivity index (χ3v) is 3.93. The van der Waals surface area contributed by atoms with Crippen LogP contribution in [0.5, 0.6) is 0 Å². The topological polar surface area (TPSA) is 29.1 Å². The fraction of sp³-hybridized carbons (Fsp3) is 0.842. The largest absolute Gasteiger partial charge is 0.353 e. The molecule has 0 aromatic rings. The molecule has 1 N–H and O–H groups in total. The highest BCUT2D eigenvalue weighted by Crippen LogP contribution is 2.11. The van der Waals surface area contributed by atoms with Gasteiger partial charge >= 0.3 is 0 Å². The predicted octanol–water partition coefficient (Wildman–Crippen LogP) is 5.62. The average molecular weight is 296 g/mol. The molecule has 2 heteroatoms. The lowest BCUT2D eigenvalue weighted by atomic mass is 10.1. The van der Waals surface area contributed by atoms with Crippen molar-refractivity contribution in [2.45, 2.75) is 103 Å². The van der Waals surface area contributed by atoms with Crippen LogP contribution in [0.3, 0.4) is 0 Å². The Kier molecular flexibility index (Phi) is 15.5. The van der Waals surface area contributed by atoms with E-state index in [0.717, 1.165) is 19.3 Å². The molecule has 0 unspecified atom stereocenters. The highest BCUT2D eigenvalue weighted by Gasteiger charge is 2.05. The fourth-order valence-electron chi connectivity index (χ4n) is 2.57. The van der Waals surface area contributed by atoms with E-state index in [0.29, 0.717) is 6.42 Å².